The monoisotopic (exact) mass is 253 g/mol. The first kappa shape index (κ1) is 12.6. The number of rotatable bonds is 2. The number of carbonyl (C=O) groups is 1. The van der Waals surface area contributed by atoms with Crippen molar-refractivity contribution < 1.29 is 13.9 Å². The van der Waals surface area contributed by atoms with Crippen LogP contribution >= 0.6 is 0 Å². The highest BCUT2D eigenvalue weighted by Crippen LogP contribution is 2.23. The third-order valence-electron chi connectivity index (χ3n) is 2.91. The third kappa shape index (κ3) is 2.53. The largest absolute Gasteiger partial charge is 0.399 e. The Labute approximate surface area is 105 Å². The second-order valence-corrected chi connectivity index (χ2v) is 4.14. The number of carbonyl (C=O) groups excluding carboxylic acids is 1. The molecule has 3 N–H and O–H groups in total. The van der Waals surface area contributed by atoms with Crippen LogP contribution in [0, 0.1) is 5.82 Å². The molecule has 5 nitrogen and oxygen atoms in total. The molecule has 1 unspecified atom stereocenters. The van der Waals surface area contributed by atoms with Crippen molar-refractivity contribution in [3.8, 4) is 0 Å². The number of nitrogens with zero attached hydrogens (tertiary/aromatic N) is 1. The van der Waals surface area contributed by atoms with Crippen LogP contribution in [0.2, 0.25) is 0 Å². The number of ether oxygens (including phenoxy) is 1. The number of anilines is 2. The lowest BCUT2D eigenvalue weighted by Gasteiger charge is -2.36. The van der Waals surface area contributed by atoms with Gasteiger partial charge >= 0.3 is 0 Å². The van der Waals surface area contributed by atoms with E-state index in [1.807, 2.05) is 4.90 Å². The summed E-state index contributed by atoms with van der Waals surface area (Å²) in [6, 6.07) is 3.82. The maximum absolute atomic E-state index is 13.4. The Balaban J connectivity index is 2.30. The molecule has 0 spiro atoms. The summed E-state index contributed by atoms with van der Waals surface area (Å²) < 4.78 is 18.6. The van der Waals surface area contributed by atoms with E-state index in [0.717, 1.165) is 0 Å². The molecule has 98 valence electrons. The van der Waals surface area contributed by atoms with Gasteiger partial charge in [-0.3, -0.25) is 4.79 Å². The second kappa shape index (κ2) is 5.22. The molecule has 1 saturated heterocycles. The Morgan fingerprint density at radius 1 is 1.56 bits per heavy atom. The fraction of sp³-hybridized carbons (Fsp3) is 0.417. The topological polar surface area (TPSA) is 67.6 Å². The van der Waals surface area contributed by atoms with E-state index < -0.39 is 11.9 Å². The van der Waals surface area contributed by atoms with E-state index in [4.69, 9.17) is 10.5 Å². The van der Waals surface area contributed by atoms with Crippen molar-refractivity contribution in [2.24, 2.45) is 0 Å². The minimum Gasteiger partial charge on any atom is -0.399 e. The summed E-state index contributed by atoms with van der Waals surface area (Å²) in [5.41, 5.74) is 6.56. The minimum atomic E-state index is -0.454. The molecule has 0 bridgehead atoms. The summed E-state index contributed by atoms with van der Waals surface area (Å²) in [5.74, 6) is -0.565. The molecular weight excluding hydrogens is 237 g/mol. The van der Waals surface area contributed by atoms with Gasteiger partial charge in [0.15, 0.2) is 0 Å². The van der Waals surface area contributed by atoms with Crippen molar-refractivity contribution in [2.45, 2.75) is 6.04 Å². The molecule has 6 heteroatoms. The smallest absolute Gasteiger partial charge is 0.244 e. The molecule has 1 aliphatic rings. The SMILES string of the molecule is CNC(=O)C1COCCN1c1cc(N)cc(F)c1. The van der Waals surface area contributed by atoms with Crippen molar-refractivity contribution in [1.82, 2.24) is 5.32 Å². The van der Waals surface area contributed by atoms with Gasteiger partial charge in [-0.2, -0.15) is 0 Å². The van der Waals surface area contributed by atoms with Crippen LogP contribution < -0.4 is 16.0 Å². The van der Waals surface area contributed by atoms with E-state index in [0.29, 0.717) is 24.5 Å². The van der Waals surface area contributed by atoms with Crippen molar-refractivity contribution in [3.05, 3.63) is 24.0 Å². The molecule has 1 aliphatic heterocycles. The number of hydrogen-bond acceptors (Lipinski definition) is 4. The zero-order valence-electron chi connectivity index (χ0n) is 10.1. The van der Waals surface area contributed by atoms with Gasteiger partial charge in [-0.05, 0) is 18.2 Å². The van der Waals surface area contributed by atoms with Crippen LogP contribution in [0.3, 0.4) is 0 Å². The van der Waals surface area contributed by atoms with Crippen LogP contribution in [0.5, 0.6) is 0 Å². The van der Waals surface area contributed by atoms with Crippen molar-refractivity contribution in [3.63, 3.8) is 0 Å². The average Bonchev–Trinajstić information content (AvgIpc) is 2.36. The van der Waals surface area contributed by atoms with Gasteiger partial charge in [0.25, 0.3) is 0 Å². The predicted molar refractivity (Wildman–Crippen MR) is 66.8 cm³/mol. The number of nitrogens with one attached hydrogen (secondary N) is 1. The van der Waals surface area contributed by atoms with E-state index in [1.54, 1.807) is 13.1 Å². The Morgan fingerprint density at radius 3 is 3.00 bits per heavy atom. The van der Waals surface area contributed by atoms with E-state index in [9.17, 15) is 9.18 Å². The van der Waals surface area contributed by atoms with E-state index in [1.165, 1.54) is 12.1 Å². The first-order chi connectivity index (χ1) is 8.61. The highest BCUT2D eigenvalue weighted by molar-refractivity contribution is 5.85. The van der Waals surface area contributed by atoms with Crippen molar-refractivity contribution in [2.75, 3.05) is 37.4 Å². The van der Waals surface area contributed by atoms with Gasteiger partial charge in [0.05, 0.1) is 13.2 Å². The molecular formula is C12H16FN3O2. The number of nitrogens with two attached hydrogens (primary N) is 1. The Kier molecular flexibility index (Phi) is 3.66. The normalized spacial score (nSPS) is 19.7. The molecule has 1 amide bonds. The molecule has 0 radical (unpaired) electrons. The van der Waals surface area contributed by atoms with Crippen LogP contribution in [0.4, 0.5) is 15.8 Å². The molecule has 2 rings (SSSR count). The van der Waals surface area contributed by atoms with Crippen LogP contribution in [0.25, 0.3) is 0 Å². The zero-order chi connectivity index (χ0) is 13.1. The number of morpholine rings is 1. The quantitative estimate of drug-likeness (QED) is 0.747. The third-order valence-corrected chi connectivity index (χ3v) is 2.91. The van der Waals surface area contributed by atoms with Gasteiger partial charge in [0.1, 0.15) is 11.9 Å². The van der Waals surface area contributed by atoms with Gasteiger partial charge in [-0.15, -0.1) is 0 Å². The molecule has 1 aromatic carbocycles. The zero-order valence-corrected chi connectivity index (χ0v) is 10.1. The first-order valence-corrected chi connectivity index (χ1v) is 5.74. The Hall–Kier alpha value is -1.82. The second-order valence-electron chi connectivity index (χ2n) is 4.14. The highest BCUT2D eigenvalue weighted by atomic mass is 19.1. The van der Waals surface area contributed by atoms with Crippen LogP contribution in [-0.2, 0) is 9.53 Å². The van der Waals surface area contributed by atoms with Gasteiger partial charge < -0.3 is 20.7 Å². The van der Waals surface area contributed by atoms with E-state index in [-0.39, 0.29) is 12.5 Å². The van der Waals surface area contributed by atoms with Gasteiger partial charge in [0, 0.05) is 25.0 Å². The Bertz CT molecular complexity index is 433. The fourth-order valence-corrected chi connectivity index (χ4v) is 2.06. The van der Waals surface area contributed by atoms with Gasteiger partial charge in [0.2, 0.25) is 5.91 Å². The molecule has 1 aromatic rings. The summed E-state index contributed by atoms with van der Waals surface area (Å²) in [5, 5.41) is 2.58. The average molecular weight is 253 g/mol. The predicted octanol–water partition coefficient (Wildman–Crippen LogP) is 0.359. The maximum Gasteiger partial charge on any atom is 0.244 e. The van der Waals surface area contributed by atoms with Gasteiger partial charge in [-0.25, -0.2) is 4.39 Å². The van der Waals surface area contributed by atoms with Crippen LogP contribution in [0.1, 0.15) is 0 Å². The number of halogens is 1. The lowest BCUT2D eigenvalue weighted by molar-refractivity contribution is -0.124. The number of amides is 1. The summed E-state index contributed by atoms with van der Waals surface area (Å²) in [6.07, 6.45) is 0. The molecule has 0 aliphatic carbocycles. The maximum atomic E-state index is 13.4. The first-order valence-electron chi connectivity index (χ1n) is 5.74. The van der Waals surface area contributed by atoms with Gasteiger partial charge in [-0.1, -0.05) is 0 Å². The standard InChI is InChI=1S/C12H16FN3O2/c1-15-12(17)11-7-18-3-2-16(11)10-5-8(13)4-9(14)6-10/h4-6,11H,2-3,7,14H2,1H3,(H,15,17). The summed E-state index contributed by atoms with van der Waals surface area (Å²) >= 11 is 0. The van der Waals surface area contributed by atoms with Crippen LogP contribution in [-0.4, -0.2) is 38.8 Å². The van der Waals surface area contributed by atoms with Crippen molar-refractivity contribution >= 4 is 17.3 Å². The molecule has 1 atom stereocenters. The van der Waals surface area contributed by atoms with Crippen molar-refractivity contribution in [1.29, 1.82) is 0 Å². The molecule has 1 heterocycles. The molecule has 0 saturated carbocycles. The van der Waals surface area contributed by atoms with E-state index in [2.05, 4.69) is 5.32 Å². The lowest BCUT2D eigenvalue weighted by Crippen LogP contribution is -2.53. The molecule has 0 aromatic heterocycles. The van der Waals surface area contributed by atoms with Crippen LogP contribution in [0.15, 0.2) is 18.2 Å². The Morgan fingerprint density at radius 2 is 2.33 bits per heavy atom. The highest BCUT2D eigenvalue weighted by Gasteiger charge is 2.29. The summed E-state index contributed by atoms with van der Waals surface area (Å²) in [4.78, 5) is 13.6. The van der Waals surface area contributed by atoms with E-state index >= 15 is 0 Å². The number of hydrogen-bond donors (Lipinski definition) is 2. The summed E-state index contributed by atoms with van der Waals surface area (Å²) in [6.45, 7) is 1.32. The molecule has 1 fully saturated rings. The number of likely N-dealkylation sites (N-methyl/N-ethyl adjacent to an activating group) is 1. The molecule has 18 heavy (non-hydrogen) atoms. The number of benzene rings is 1. The fourth-order valence-electron chi connectivity index (χ4n) is 2.06. The lowest BCUT2D eigenvalue weighted by atomic mass is 10.1. The summed E-state index contributed by atoms with van der Waals surface area (Å²) in [7, 11) is 1.56. The minimum absolute atomic E-state index is 0.155. The number of nitrogen functional groups attached to an aromatic ring is 1.